The van der Waals surface area contributed by atoms with Gasteiger partial charge in [0.2, 0.25) is 0 Å². The zero-order chi connectivity index (χ0) is 12.2. The van der Waals surface area contributed by atoms with Gasteiger partial charge in [-0.25, -0.2) is 13.2 Å². The first-order chi connectivity index (χ1) is 7.42. The van der Waals surface area contributed by atoms with Gasteiger partial charge in [0.1, 0.15) is 0 Å². The van der Waals surface area contributed by atoms with Gasteiger partial charge in [-0.3, -0.25) is 4.72 Å². The number of benzene rings is 1. The number of anilines is 1. The van der Waals surface area contributed by atoms with E-state index >= 15 is 0 Å². The van der Waals surface area contributed by atoms with Crippen LogP contribution < -0.4 is 34.3 Å². The van der Waals surface area contributed by atoms with Crippen molar-refractivity contribution in [1.82, 2.24) is 0 Å². The predicted molar refractivity (Wildman–Crippen MR) is 55.7 cm³/mol. The molecule has 0 spiro atoms. The molecule has 17 heavy (non-hydrogen) atoms. The fourth-order valence-corrected chi connectivity index (χ4v) is 1.46. The fraction of sp³-hybridized carbons (Fsp3) is 0.222. The number of rotatable bonds is 4. The molecule has 0 amide bonds. The van der Waals surface area contributed by atoms with Crippen LogP contribution in [0.3, 0.4) is 0 Å². The number of esters is 1. The molecule has 0 saturated carbocycles. The molecule has 0 saturated heterocycles. The molecule has 1 aromatic rings. The molecule has 8 heteroatoms. The van der Waals surface area contributed by atoms with Crippen molar-refractivity contribution in [3.05, 3.63) is 29.8 Å². The summed E-state index contributed by atoms with van der Waals surface area (Å²) in [5.74, 6) is -0.501. The summed E-state index contributed by atoms with van der Waals surface area (Å²) in [6.07, 6.45) is 0. The van der Waals surface area contributed by atoms with E-state index in [4.69, 9.17) is 4.74 Å². The quantitative estimate of drug-likeness (QED) is 0.377. The number of ether oxygens (including phenoxy) is 1. The fourth-order valence-electron chi connectivity index (χ4n) is 1.03. The minimum atomic E-state index is -4.54. The van der Waals surface area contributed by atoms with Crippen molar-refractivity contribution >= 4 is 22.0 Å². The van der Waals surface area contributed by atoms with Crippen LogP contribution >= 0.6 is 0 Å². The van der Waals surface area contributed by atoms with Crippen molar-refractivity contribution in [2.75, 3.05) is 11.3 Å². The van der Waals surface area contributed by atoms with Gasteiger partial charge in [0, 0.05) is 5.69 Å². The maximum absolute atomic E-state index is 11.2. The molecular formula is C9H10NNaO5S. The van der Waals surface area contributed by atoms with Crippen LogP contribution in [0.25, 0.3) is 0 Å². The molecule has 0 aliphatic heterocycles. The van der Waals surface area contributed by atoms with E-state index in [-0.39, 0.29) is 47.4 Å². The van der Waals surface area contributed by atoms with Crippen molar-refractivity contribution in [2.45, 2.75) is 6.92 Å². The molecule has 0 heterocycles. The van der Waals surface area contributed by atoms with Crippen LogP contribution in [-0.4, -0.2) is 25.5 Å². The van der Waals surface area contributed by atoms with Crippen molar-refractivity contribution in [3.8, 4) is 0 Å². The Balaban J connectivity index is 0.00000256. The van der Waals surface area contributed by atoms with E-state index in [0.29, 0.717) is 0 Å². The van der Waals surface area contributed by atoms with E-state index in [1.165, 1.54) is 24.3 Å². The molecule has 0 unspecified atom stereocenters. The van der Waals surface area contributed by atoms with Crippen LogP contribution in [0.2, 0.25) is 0 Å². The number of hydrogen-bond donors (Lipinski definition) is 1. The van der Waals surface area contributed by atoms with Gasteiger partial charge in [-0.2, -0.15) is 0 Å². The molecule has 6 nitrogen and oxygen atoms in total. The van der Waals surface area contributed by atoms with Crippen LogP contribution in [0.5, 0.6) is 0 Å². The summed E-state index contributed by atoms with van der Waals surface area (Å²) in [7, 11) is -4.54. The summed E-state index contributed by atoms with van der Waals surface area (Å²) < 4.78 is 37.6. The summed E-state index contributed by atoms with van der Waals surface area (Å²) in [4.78, 5) is 11.2. The van der Waals surface area contributed by atoms with Crippen molar-refractivity contribution < 1.29 is 52.1 Å². The van der Waals surface area contributed by atoms with E-state index in [0.717, 1.165) is 0 Å². The van der Waals surface area contributed by atoms with Crippen molar-refractivity contribution in [3.63, 3.8) is 0 Å². The number of carbonyl (C=O) groups excluding carboxylic acids is 1. The Bertz CT molecular complexity index is 471. The Morgan fingerprint density at radius 3 is 2.29 bits per heavy atom. The second-order valence-electron chi connectivity index (χ2n) is 2.85. The van der Waals surface area contributed by atoms with Gasteiger partial charge < -0.3 is 9.29 Å². The maximum atomic E-state index is 11.2. The van der Waals surface area contributed by atoms with Gasteiger partial charge in [-0.05, 0) is 31.2 Å². The molecule has 0 fully saturated rings. The van der Waals surface area contributed by atoms with Gasteiger partial charge >= 0.3 is 35.5 Å². The molecule has 0 aliphatic carbocycles. The minimum absolute atomic E-state index is 0. The molecule has 0 bridgehead atoms. The second-order valence-corrected chi connectivity index (χ2v) is 3.97. The first-order valence-corrected chi connectivity index (χ1v) is 5.84. The second kappa shape index (κ2) is 6.97. The first-order valence-electron chi connectivity index (χ1n) is 4.43. The third-order valence-electron chi connectivity index (χ3n) is 1.64. The van der Waals surface area contributed by atoms with E-state index in [1.54, 1.807) is 11.6 Å². The summed E-state index contributed by atoms with van der Waals surface area (Å²) >= 11 is 0. The van der Waals surface area contributed by atoms with Gasteiger partial charge in [-0.15, -0.1) is 0 Å². The molecule has 0 aromatic heterocycles. The average molecular weight is 267 g/mol. The summed E-state index contributed by atoms with van der Waals surface area (Å²) in [5, 5.41) is 0. The zero-order valence-electron chi connectivity index (χ0n) is 9.47. The standard InChI is InChI=1S/C9H11NO5S.Na/c1-2-15-9(11)7-3-5-8(6-4-7)10-16(12,13)14;/h3-6,10H,2H2,1H3,(H,12,13,14);/q;+1/p-1. The number of hydrogen-bond acceptors (Lipinski definition) is 5. The molecule has 0 radical (unpaired) electrons. The predicted octanol–water partition coefficient (Wildman–Crippen LogP) is -2.26. The largest absolute Gasteiger partial charge is 1.00 e. The van der Waals surface area contributed by atoms with Gasteiger partial charge in [0.05, 0.1) is 12.2 Å². The van der Waals surface area contributed by atoms with Crippen molar-refractivity contribution in [1.29, 1.82) is 0 Å². The minimum Gasteiger partial charge on any atom is -0.731 e. The Kier molecular flexibility index (Phi) is 6.73. The summed E-state index contributed by atoms with van der Waals surface area (Å²) in [6.45, 7) is 1.94. The molecule has 88 valence electrons. The summed E-state index contributed by atoms with van der Waals surface area (Å²) in [6, 6.07) is 5.35. The number of carbonyl (C=O) groups is 1. The Labute approximate surface area is 122 Å². The Morgan fingerprint density at radius 2 is 1.88 bits per heavy atom. The molecule has 1 N–H and O–H groups in total. The Morgan fingerprint density at radius 1 is 1.35 bits per heavy atom. The Hall–Kier alpha value is -0.600. The maximum Gasteiger partial charge on any atom is 1.00 e. The van der Waals surface area contributed by atoms with Gasteiger partial charge in [-0.1, -0.05) is 0 Å². The van der Waals surface area contributed by atoms with Crippen molar-refractivity contribution in [2.24, 2.45) is 0 Å². The van der Waals surface area contributed by atoms with Crippen LogP contribution in [0, 0.1) is 0 Å². The molecule has 1 rings (SSSR count). The first kappa shape index (κ1) is 16.4. The smallest absolute Gasteiger partial charge is 0.731 e. The third kappa shape index (κ3) is 6.04. The van der Waals surface area contributed by atoms with Crippen LogP contribution in [0.4, 0.5) is 5.69 Å². The SMILES string of the molecule is CCOC(=O)c1ccc(NS(=O)(=O)[O-])cc1.[Na+]. The van der Waals surface area contributed by atoms with Crippen LogP contribution in [-0.2, 0) is 15.0 Å². The zero-order valence-corrected chi connectivity index (χ0v) is 12.3. The topological polar surface area (TPSA) is 95.5 Å². The van der Waals surface area contributed by atoms with E-state index in [9.17, 15) is 17.8 Å². The molecule has 1 aromatic carbocycles. The van der Waals surface area contributed by atoms with E-state index < -0.39 is 16.3 Å². The van der Waals surface area contributed by atoms with E-state index in [2.05, 4.69) is 0 Å². The molecule has 0 aliphatic rings. The van der Waals surface area contributed by atoms with Gasteiger partial charge in [0.15, 0.2) is 10.3 Å². The van der Waals surface area contributed by atoms with E-state index in [1.807, 2.05) is 0 Å². The van der Waals surface area contributed by atoms with Crippen LogP contribution in [0.15, 0.2) is 24.3 Å². The van der Waals surface area contributed by atoms with Crippen LogP contribution in [0.1, 0.15) is 17.3 Å². The number of nitrogens with one attached hydrogen (secondary N) is 1. The normalized spacial score (nSPS) is 10.2. The third-order valence-corrected chi connectivity index (χ3v) is 2.12. The summed E-state index contributed by atoms with van der Waals surface area (Å²) in [5.41, 5.74) is 0.388. The molecule has 0 atom stereocenters. The monoisotopic (exact) mass is 267 g/mol. The molecular weight excluding hydrogens is 257 g/mol. The average Bonchev–Trinajstić information content (AvgIpc) is 2.16. The van der Waals surface area contributed by atoms with Gasteiger partial charge in [0.25, 0.3) is 0 Å².